The molecule has 0 saturated carbocycles. The molecule has 0 aliphatic carbocycles. The molecule has 1 aromatic rings. The molecule has 5 nitrogen and oxygen atoms in total. The molecule has 2 heterocycles. The van der Waals surface area contributed by atoms with Gasteiger partial charge in [0.05, 0.1) is 6.26 Å². The van der Waals surface area contributed by atoms with E-state index >= 15 is 0 Å². The fraction of sp³-hybridized carbons (Fsp3) is 0.538. The zero-order valence-corrected chi connectivity index (χ0v) is 10.7. The van der Waals surface area contributed by atoms with Gasteiger partial charge in [0.15, 0.2) is 5.76 Å². The predicted molar refractivity (Wildman–Crippen MR) is 69.6 cm³/mol. The third kappa shape index (κ3) is 3.43. The number of hydrazone groups is 1. The second kappa shape index (κ2) is 6.35. The van der Waals surface area contributed by atoms with Crippen LogP contribution in [0.3, 0.4) is 0 Å². The summed E-state index contributed by atoms with van der Waals surface area (Å²) in [6, 6.07) is 3.31. The van der Waals surface area contributed by atoms with Crippen molar-refractivity contribution in [2.75, 3.05) is 19.6 Å². The molecule has 18 heavy (non-hydrogen) atoms. The lowest BCUT2D eigenvalue weighted by molar-refractivity contribution is 0.0926. The number of carbonyl (C=O) groups excluding carboxylic acids is 1. The summed E-state index contributed by atoms with van der Waals surface area (Å²) >= 11 is 0. The SMILES string of the molecule is CCCN1CCC(=NNC(=O)c2ccco2)CC1. The Hall–Kier alpha value is -1.62. The molecule has 1 aromatic heterocycles. The number of hydrogen-bond acceptors (Lipinski definition) is 4. The number of nitrogens with one attached hydrogen (secondary N) is 1. The molecule has 0 radical (unpaired) electrons. The number of hydrogen-bond donors (Lipinski definition) is 1. The van der Waals surface area contributed by atoms with Gasteiger partial charge in [-0.1, -0.05) is 6.92 Å². The smallest absolute Gasteiger partial charge is 0.307 e. The zero-order valence-electron chi connectivity index (χ0n) is 10.7. The van der Waals surface area contributed by atoms with Crippen molar-refractivity contribution in [2.45, 2.75) is 26.2 Å². The van der Waals surface area contributed by atoms with E-state index in [1.807, 2.05) is 0 Å². The van der Waals surface area contributed by atoms with Gasteiger partial charge < -0.3 is 9.32 Å². The van der Waals surface area contributed by atoms with E-state index in [4.69, 9.17) is 4.42 Å². The number of nitrogens with zero attached hydrogens (tertiary/aromatic N) is 2. The Morgan fingerprint density at radius 1 is 1.50 bits per heavy atom. The van der Waals surface area contributed by atoms with Crippen molar-refractivity contribution in [1.82, 2.24) is 10.3 Å². The Bertz CT molecular complexity index is 402. The van der Waals surface area contributed by atoms with E-state index in [1.165, 1.54) is 12.7 Å². The zero-order chi connectivity index (χ0) is 12.8. The van der Waals surface area contributed by atoms with Crippen molar-refractivity contribution < 1.29 is 9.21 Å². The monoisotopic (exact) mass is 249 g/mol. The summed E-state index contributed by atoms with van der Waals surface area (Å²) in [7, 11) is 0. The Labute approximate surface area is 107 Å². The number of carbonyl (C=O) groups is 1. The number of piperidine rings is 1. The van der Waals surface area contributed by atoms with Gasteiger partial charge in [0.25, 0.3) is 0 Å². The molecular formula is C13H19N3O2. The van der Waals surface area contributed by atoms with Gasteiger partial charge in [-0.15, -0.1) is 0 Å². The van der Waals surface area contributed by atoms with Gasteiger partial charge in [-0.3, -0.25) is 4.79 Å². The van der Waals surface area contributed by atoms with Crippen molar-refractivity contribution in [1.29, 1.82) is 0 Å². The van der Waals surface area contributed by atoms with Gasteiger partial charge in [0.2, 0.25) is 0 Å². The molecule has 1 amide bonds. The van der Waals surface area contributed by atoms with E-state index in [0.29, 0.717) is 5.76 Å². The number of rotatable bonds is 4. The topological polar surface area (TPSA) is 57.8 Å². The Morgan fingerprint density at radius 3 is 2.89 bits per heavy atom. The van der Waals surface area contributed by atoms with Crippen LogP contribution in [0.25, 0.3) is 0 Å². The van der Waals surface area contributed by atoms with Crippen LogP contribution in [0.4, 0.5) is 0 Å². The van der Waals surface area contributed by atoms with Crippen LogP contribution in [0.1, 0.15) is 36.7 Å². The van der Waals surface area contributed by atoms with Crippen LogP contribution >= 0.6 is 0 Å². The normalized spacial score (nSPS) is 16.6. The number of likely N-dealkylation sites (tertiary alicyclic amines) is 1. The van der Waals surface area contributed by atoms with E-state index in [-0.39, 0.29) is 5.91 Å². The summed E-state index contributed by atoms with van der Waals surface area (Å²) in [6.45, 7) is 5.39. The van der Waals surface area contributed by atoms with Crippen LogP contribution in [0.15, 0.2) is 27.9 Å². The first-order valence-electron chi connectivity index (χ1n) is 6.41. The second-order valence-electron chi connectivity index (χ2n) is 4.44. The maximum atomic E-state index is 11.6. The first-order valence-corrected chi connectivity index (χ1v) is 6.41. The second-order valence-corrected chi connectivity index (χ2v) is 4.44. The summed E-state index contributed by atoms with van der Waals surface area (Å²) in [5, 5.41) is 4.16. The average Bonchev–Trinajstić information content (AvgIpc) is 2.92. The molecule has 0 spiro atoms. The Morgan fingerprint density at radius 2 is 2.28 bits per heavy atom. The quantitative estimate of drug-likeness (QED) is 0.829. The highest BCUT2D eigenvalue weighted by atomic mass is 16.3. The lowest BCUT2D eigenvalue weighted by atomic mass is 10.1. The molecule has 0 unspecified atom stereocenters. The van der Waals surface area contributed by atoms with Crippen LogP contribution in [0.2, 0.25) is 0 Å². The molecule has 1 saturated heterocycles. The van der Waals surface area contributed by atoms with Crippen LogP contribution in [-0.2, 0) is 0 Å². The van der Waals surface area contributed by atoms with E-state index in [2.05, 4.69) is 22.4 Å². The minimum absolute atomic E-state index is 0.288. The Balaban J connectivity index is 1.79. The maximum absolute atomic E-state index is 11.6. The molecule has 1 aliphatic heterocycles. The lowest BCUT2D eigenvalue weighted by Crippen LogP contribution is -2.35. The van der Waals surface area contributed by atoms with Gasteiger partial charge in [0, 0.05) is 31.6 Å². The maximum Gasteiger partial charge on any atom is 0.307 e. The molecule has 0 atom stereocenters. The molecule has 1 aliphatic rings. The molecule has 1 fully saturated rings. The predicted octanol–water partition coefficient (Wildman–Crippen LogP) is 1.87. The van der Waals surface area contributed by atoms with Crippen molar-refractivity contribution >= 4 is 11.6 Å². The minimum atomic E-state index is -0.288. The van der Waals surface area contributed by atoms with Gasteiger partial charge in [-0.05, 0) is 25.1 Å². The van der Waals surface area contributed by atoms with Crippen LogP contribution in [0.5, 0.6) is 0 Å². The highest BCUT2D eigenvalue weighted by molar-refractivity contribution is 5.93. The number of amides is 1. The van der Waals surface area contributed by atoms with Crippen molar-refractivity contribution in [3.63, 3.8) is 0 Å². The summed E-state index contributed by atoms with van der Waals surface area (Å²) < 4.78 is 4.99. The average molecular weight is 249 g/mol. The third-order valence-electron chi connectivity index (χ3n) is 3.03. The van der Waals surface area contributed by atoms with E-state index < -0.39 is 0 Å². The van der Waals surface area contributed by atoms with Crippen molar-refractivity contribution in [3.8, 4) is 0 Å². The fourth-order valence-corrected chi connectivity index (χ4v) is 2.06. The van der Waals surface area contributed by atoms with E-state index in [0.717, 1.165) is 38.2 Å². The van der Waals surface area contributed by atoms with Gasteiger partial charge in [-0.25, -0.2) is 5.43 Å². The first kappa shape index (κ1) is 12.8. The largest absolute Gasteiger partial charge is 0.459 e. The Kier molecular flexibility index (Phi) is 4.52. The molecule has 1 N–H and O–H groups in total. The molecular weight excluding hydrogens is 230 g/mol. The van der Waals surface area contributed by atoms with E-state index in [9.17, 15) is 4.79 Å². The lowest BCUT2D eigenvalue weighted by Gasteiger charge is -2.26. The highest BCUT2D eigenvalue weighted by Gasteiger charge is 2.14. The molecule has 0 aromatic carbocycles. The summed E-state index contributed by atoms with van der Waals surface area (Å²) in [4.78, 5) is 14.0. The van der Waals surface area contributed by atoms with Crippen molar-refractivity contribution in [2.24, 2.45) is 5.10 Å². The molecule has 5 heteroatoms. The van der Waals surface area contributed by atoms with E-state index in [1.54, 1.807) is 12.1 Å². The van der Waals surface area contributed by atoms with Gasteiger partial charge >= 0.3 is 5.91 Å². The standard InChI is InChI=1S/C13H19N3O2/c1-2-7-16-8-5-11(6-9-16)14-15-13(17)12-4-3-10-18-12/h3-4,10H,2,5-9H2,1H3,(H,15,17). The van der Waals surface area contributed by atoms with Gasteiger partial charge in [-0.2, -0.15) is 5.10 Å². The molecule has 98 valence electrons. The third-order valence-corrected chi connectivity index (χ3v) is 3.03. The van der Waals surface area contributed by atoms with Crippen LogP contribution < -0.4 is 5.43 Å². The van der Waals surface area contributed by atoms with Gasteiger partial charge in [0.1, 0.15) is 0 Å². The first-order chi connectivity index (χ1) is 8.79. The fourth-order valence-electron chi connectivity index (χ4n) is 2.06. The van der Waals surface area contributed by atoms with Crippen LogP contribution in [0, 0.1) is 0 Å². The summed E-state index contributed by atoms with van der Waals surface area (Å²) in [5.41, 5.74) is 3.60. The minimum Gasteiger partial charge on any atom is -0.459 e. The molecule has 2 rings (SSSR count). The number of furan rings is 1. The van der Waals surface area contributed by atoms with Crippen LogP contribution in [-0.4, -0.2) is 36.2 Å². The highest BCUT2D eigenvalue weighted by Crippen LogP contribution is 2.07. The summed E-state index contributed by atoms with van der Waals surface area (Å²) in [6.07, 6.45) is 4.52. The van der Waals surface area contributed by atoms with Crippen molar-refractivity contribution in [3.05, 3.63) is 24.2 Å². The summed E-state index contributed by atoms with van der Waals surface area (Å²) in [5.74, 6) is 0.00579. The molecule has 0 bridgehead atoms.